The van der Waals surface area contributed by atoms with Crippen molar-refractivity contribution in [1.29, 1.82) is 0 Å². The van der Waals surface area contributed by atoms with E-state index in [1.54, 1.807) is 31.4 Å². The Morgan fingerprint density at radius 2 is 2.00 bits per heavy atom. The number of halogens is 2. The molecule has 1 aromatic rings. The molecular weight excluding hydrogens is 278 g/mol. The SMILES string of the molecule is COCC(CCCN)NC(C)c1ccccc1OC(F)F. The highest BCUT2D eigenvalue weighted by atomic mass is 19.3. The number of nitrogens with one attached hydrogen (secondary N) is 1. The Kier molecular flexibility index (Phi) is 8.19. The van der Waals surface area contributed by atoms with Gasteiger partial charge in [0.25, 0.3) is 0 Å². The minimum Gasteiger partial charge on any atom is -0.434 e. The molecule has 0 saturated carbocycles. The summed E-state index contributed by atoms with van der Waals surface area (Å²) in [6, 6.07) is 6.80. The third-order valence-corrected chi connectivity index (χ3v) is 3.21. The molecule has 1 aromatic carbocycles. The summed E-state index contributed by atoms with van der Waals surface area (Å²) >= 11 is 0. The van der Waals surface area contributed by atoms with E-state index in [2.05, 4.69) is 10.1 Å². The van der Waals surface area contributed by atoms with Crippen molar-refractivity contribution < 1.29 is 18.3 Å². The van der Waals surface area contributed by atoms with Crippen LogP contribution < -0.4 is 15.8 Å². The molecule has 3 N–H and O–H groups in total. The number of methoxy groups -OCH3 is 1. The Balaban J connectivity index is 2.74. The lowest BCUT2D eigenvalue weighted by atomic mass is 10.0. The quantitative estimate of drug-likeness (QED) is 0.698. The van der Waals surface area contributed by atoms with Gasteiger partial charge in [0.2, 0.25) is 0 Å². The van der Waals surface area contributed by atoms with Gasteiger partial charge in [-0.1, -0.05) is 18.2 Å². The molecule has 0 spiro atoms. The van der Waals surface area contributed by atoms with E-state index in [0.717, 1.165) is 12.8 Å². The second-order valence-corrected chi connectivity index (χ2v) is 4.89. The van der Waals surface area contributed by atoms with Gasteiger partial charge in [-0.25, -0.2) is 0 Å². The molecule has 0 bridgehead atoms. The lowest BCUT2D eigenvalue weighted by molar-refractivity contribution is -0.0507. The maximum Gasteiger partial charge on any atom is 0.387 e. The summed E-state index contributed by atoms with van der Waals surface area (Å²) in [5.74, 6) is 0.197. The summed E-state index contributed by atoms with van der Waals surface area (Å²) in [5, 5.41) is 3.38. The van der Waals surface area contributed by atoms with Crippen LogP contribution in [0.25, 0.3) is 0 Å². The summed E-state index contributed by atoms with van der Waals surface area (Å²) in [7, 11) is 1.63. The zero-order valence-electron chi connectivity index (χ0n) is 12.5. The minimum atomic E-state index is -2.83. The van der Waals surface area contributed by atoms with Crippen LogP contribution in [0.4, 0.5) is 8.78 Å². The van der Waals surface area contributed by atoms with E-state index in [-0.39, 0.29) is 17.8 Å². The predicted octanol–water partition coefficient (Wildman–Crippen LogP) is 2.69. The van der Waals surface area contributed by atoms with Gasteiger partial charge in [-0.05, 0) is 32.4 Å². The summed E-state index contributed by atoms with van der Waals surface area (Å²) < 4.78 is 34.6. The molecule has 0 aliphatic heterocycles. The number of benzene rings is 1. The van der Waals surface area contributed by atoms with Crippen molar-refractivity contribution in [1.82, 2.24) is 5.32 Å². The molecule has 2 atom stereocenters. The molecule has 0 amide bonds. The molecule has 0 aliphatic carbocycles. The molecule has 21 heavy (non-hydrogen) atoms. The van der Waals surface area contributed by atoms with Crippen LogP contribution in [0.15, 0.2) is 24.3 Å². The highest BCUT2D eigenvalue weighted by Crippen LogP contribution is 2.26. The first-order valence-electron chi connectivity index (χ1n) is 7.07. The third-order valence-electron chi connectivity index (χ3n) is 3.21. The molecule has 0 aromatic heterocycles. The molecule has 2 unspecified atom stereocenters. The standard InChI is InChI=1S/C15H24F2N2O2/c1-11(19-12(10-20-2)6-5-9-18)13-7-3-4-8-14(13)21-15(16)17/h3-4,7-8,11-12,15,19H,5-6,9-10,18H2,1-2H3. The van der Waals surface area contributed by atoms with Gasteiger partial charge >= 0.3 is 6.61 Å². The fourth-order valence-electron chi connectivity index (χ4n) is 2.27. The molecule has 0 fully saturated rings. The van der Waals surface area contributed by atoms with Crippen molar-refractivity contribution in [3.05, 3.63) is 29.8 Å². The first-order chi connectivity index (χ1) is 10.1. The van der Waals surface area contributed by atoms with Crippen molar-refractivity contribution >= 4 is 0 Å². The van der Waals surface area contributed by atoms with E-state index in [4.69, 9.17) is 10.5 Å². The zero-order chi connectivity index (χ0) is 15.7. The second-order valence-electron chi connectivity index (χ2n) is 4.89. The Labute approximate surface area is 124 Å². The first-order valence-corrected chi connectivity index (χ1v) is 7.07. The summed E-state index contributed by atoms with van der Waals surface area (Å²) in [6.07, 6.45) is 1.75. The Bertz CT molecular complexity index is 405. The maximum absolute atomic E-state index is 12.4. The molecule has 1 rings (SSSR count). The van der Waals surface area contributed by atoms with Crippen molar-refractivity contribution in [3.63, 3.8) is 0 Å². The van der Waals surface area contributed by atoms with E-state index in [0.29, 0.717) is 18.7 Å². The topological polar surface area (TPSA) is 56.5 Å². The normalized spacial score (nSPS) is 14.2. The lowest BCUT2D eigenvalue weighted by Gasteiger charge is -2.24. The minimum absolute atomic E-state index is 0.119. The van der Waals surface area contributed by atoms with E-state index in [1.165, 1.54) is 0 Å². The van der Waals surface area contributed by atoms with Gasteiger partial charge < -0.3 is 20.5 Å². The van der Waals surface area contributed by atoms with Crippen molar-refractivity contribution in [2.75, 3.05) is 20.3 Å². The lowest BCUT2D eigenvalue weighted by Crippen LogP contribution is -2.35. The number of para-hydroxylation sites is 1. The van der Waals surface area contributed by atoms with Crippen molar-refractivity contribution in [2.24, 2.45) is 5.73 Å². The van der Waals surface area contributed by atoms with E-state index >= 15 is 0 Å². The number of hydrogen-bond acceptors (Lipinski definition) is 4. The monoisotopic (exact) mass is 302 g/mol. The van der Waals surface area contributed by atoms with Crippen LogP contribution >= 0.6 is 0 Å². The van der Waals surface area contributed by atoms with E-state index in [9.17, 15) is 8.78 Å². The Hall–Kier alpha value is -1.24. The summed E-state index contributed by atoms with van der Waals surface area (Å²) in [4.78, 5) is 0. The number of ether oxygens (including phenoxy) is 2. The van der Waals surface area contributed by atoms with Crippen LogP contribution in [0, 0.1) is 0 Å². The fraction of sp³-hybridized carbons (Fsp3) is 0.600. The Morgan fingerprint density at radius 3 is 2.62 bits per heavy atom. The Morgan fingerprint density at radius 1 is 1.29 bits per heavy atom. The molecule has 6 heteroatoms. The van der Waals surface area contributed by atoms with E-state index < -0.39 is 6.61 Å². The summed E-state index contributed by atoms with van der Waals surface area (Å²) in [6.45, 7) is 0.243. The predicted molar refractivity (Wildman–Crippen MR) is 78.6 cm³/mol. The largest absolute Gasteiger partial charge is 0.434 e. The van der Waals surface area contributed by atoms with Crippen LogP contribution in [0.5, 0.6) is 5.75 Å². The smallest absolute Gasteiger partial charge is 0.387 e. The first kappa shape index (κ1) is 17.8. The second kappa shape index (κ2) is 9.65. The van der Waals surface area contributed by atoms with Crippen LogP contribution in [-0.4, -0.2) is 32.9 Å². The molecular formula is C15H24F2N2O2. The van der Waals surface area contributed by atoms with Gasteiger partial charge in [-0.15, -0.1) is 0 Å². The fourth-order valence-corrected chi connectivity index (χ4v) is 2.27. The third kappa shape index (κ3) is 6.37. The summed E-state index contributed by atoms with van der Waals surface area (Å²) in [5.41, 5.74) is 6.22. The van der Waals surface area contributed by atoms with Gasteiger partial charge in [-0.3, -0.25) is 0 Å². The molecule has 120 valence electrons. The highest BCUT2D eigenvalue weighted by Gasteiger charge is 2.17. The number of nitrogens with two attached hydrogens (primary N) is 1. The number of hydrogen-bond donors (Lipinski definition) is 2. The highest BCUT2D eigenvalue weighted by molar-refractivity contribution is 5.35. The van der Waals surface area contributed by atoms with Crippen LogP contribution in [-0.2, 0) is 4.74 Å². The van der Waals surface area contributed by atoms with Crippen molar-refractivity contribution in [2.45, 2.75) is 38.5 Å². The van der Waals surface area contributed by atoms with Gasteiger partial charge in [0, 0.05) is 24.8 Å². The molecule has 0 radical (unpaired) electrons. The molecule has 4 nitrogen and oxygen atoms in total. The average Bonchev–Trinajstić information content (AvgIpc) is 2.44. The van der Waals surface area contributed by atoms with Gasteiger partial charge in [0.15, 0.2) is 0 Å². The van der Waals surface area contributed by atoms with E-state index in [1.807, 2.05) is 6.92 Å². The average molecular weight is 302 g/mol. The van der Waals surface area contributed by atoms with Gasteiger partial charge in [-0.2, -0.15) is 8.78 Å². The molecule has 0 aliphatic rings. The molecule has 0 saturated heterocycles. The van der Waals surface area contributed by atoms with Gasteiger partial charge in [0.05, 0.1) is 6.61 Å². The zero-order valence-corrected chi connectivity index (χ0v) is 12.5. The van der Waals surface area contributed by atoms with Crippen LogP contribution in [0.3, 0.4) is 0 Å². The number of rotatable bonds is 10. The maximum atomic E-state index is 12.4. The van der Waals surface area contributed by atoms with Crippen molar-refractivity contribution in [3.8, 4) is 5.75 Å². The van der Waals surface area contributed by atoms with Crippen LogP contribution in [0.1, 0.15) is 31.4 Å². The number of alkyl halides is 2. The van der Waals surface area contributed by atoms with Crippen LogP contribution in [0.2, 0.25) is 0 Å². The molecule has 0 heterocycles. The van der Waals surface area contributed by atoms with Gasteiger partial charge in [0.1, 0.15) is 5.75 Å².